The lowest BCUT2D eigenvalue weighted by atomic mass is 10.2. The number of hydrogen-bond acceptors (Lipinski definition) is 6. The van der Waals surface area contributed by atoms with Gasteiger partial charge in [-0.15, -0.1) is 5.10 Å². The standard InChI is InChI=1S/C12H10BrN3O3S/c13-8-3-1-2-7(4-8)6-14-16-12-15-11(19)9(20-12)5-10(17)18/h1-4,6,9H,5H2,(H,17,18)(H,15,16,19)/p-1/b14-6+/t9-/m1/s1. The normalized spacial score (nSPS) is 20.6. The molecule has 0 spiro atoms. The van der Waals surface area contributed by atoms with E-state index < -0.39 is 17.1 Å². The number of benzene rings is 1. The minimum absolute atomic E-state index is 0.285. The van der Waals surface area contributed by atoms with Gasteiger partial charge in [-0.05, 0) is 17.7 Å². The number of carbonyl (C=O) groups is 2. The number of aliphatic carboxylic acids is 1. The summed E-state index contributed by atoms with van der Waals surface area (Å²) in [5.74, 6) is -1.66. The molecular weight excluding hydrogens is 346 g/mol. The molecule has 8 heteroatoms. The van der Waals surface area contributed by atoms with Crippen molar-refractivity contribution in [1.82, 2.24) is 5.32 Å². The predicted octanol–water partition coefficient (Wildman–Crippen LogP) is 0.511. The summed E-state index contributed by atoms with van der Waals surface area (Å²) in [4.78, 5) is 21.9. The van der Waals surface area contributed by atoms with Gasteiger partial charge in [-0.2, -0.15) is 5.10 Å². The van der Waals surface area contributed by atoms with Crippen molar-refractivity contribution in [3.05, 3.63) is 34.3 Å². The zero-order valence-corrected chi connectivity index (χ0v) is 12.5. The molecule has 1 amide bonds. The van der Waals surface area contributed by atoms with E-state index in [4.69, 9.17) is 0 Å². The number of hydrogen-bond donors (Lipinski definition) is 1. The van der Waals surface area contributed by atoms with Gasteiger partial charge in [0.25, 0.3) is 0 Å². The zero-order chi connectivity index (χ0) is 14.5. The van der Waals surface area contributed by atoms with Gasteiger partial charge in [0.15, 0.2) is 5.17 Å². The number of nitrogens with one attached hydrogen (secondary N) is 1. The monoisotopic (exact) mass is 354 g/mol. The SMILES string of the molecule is O=C([O-])C[C@H]1S/C(=N/N=C/c2cccc(Br)c2)NC1=O. The third-order valence-corrected chi connectivity index (χ3v) is 3.90. The fourth-order valence-electron chi connectivity index (χ4n) is 1.47. The van der Waals surface area contributed by atoms with Crippen molar-refractivity contribution in [3.63, 3.8) is 0 Å². The molecule has 1 N–H and O–H groups in total. The predicted molar refractivity (Wildman–Crippen MR) is 78.3 cm³/mol. The number of carboxylic acids is 1. The van der Waals surface area contributed by atoms with Crippen LogP contribution in [0.3, 0.4) is 0 Å². The fourth-order valence-corrected chi connectivity index (χ4v) is 2.80. The minimum Gasteiger partial charge on any atom is -0.550 e. The third kappa shape index (κ3) is 4.17. The van der Waals surface area contributed by atoms with Gasteiger partial charge in [-0.1, -0.05) is 39.8 Å². The molecule has 6 nitrogen and oxygen atoms in total. The highest BCUT2D eigenvalue weighted by Gasteiger charge is 2.30. The Morgan fingerprint density at radius 2 is 2.35 bits per heavy atom. The summed E-state index contributed by atoms with van der Waals surface area (Å²) < 4.78 is 0.923. The average molecular weight is 355 g/mol. The number of amidine groups is 1. The van der Waals surface area contributed by atoms with E-state index >= 15 is 0 Å². The van der Waals surface area contributed by atoms with Crippen LogP contribution in [0.5, 0.6) is 0 Å². The summed E-state index contributed by atoms with van der Waals surface area (Å²) in [6.07, 6.45) is 1.20. The van der Waals surface area contributed by atoms with Crippen molar-refractivity contribution < 1.29 is 14.7 Å². The Morgan fingerprint density at radius 3 is 3.05 bits per heavy atom. The molecule has 1 aromatic rings. The first kappa shape index (κ1) is 14.7. The van der Waals surface area contributed by atoms with E-state index in [0.29, 0.717) is 0 Å². The highest BCUT2D eigenvalue weighted by Crippen LogP contribution is 2.21. The summed E-state index contributed by atoms with van der Waals surface area (Å²) in [7, 11) is 0. The Labute approximate surface area is 127 Å². The zero-order valence-electron chi connectivity index (χ0n) is 10.1. The maximum atomic E-state index is 11.4. The maximum Gasteiger partial charge on any atom is 0.239 e. The Morgan fingerprint density at radius 1 is 1.55 bits per heavy atom. The van der Waals surface area contributed by atoms with Crippen LogP contribution in [-0.2, 0) is 9.59 Å². The van der Waals surface area contributed by atoms with Gasteiger partial charge in [-0.3, -0.25) is 4.79 Å². The van der Waals surface area contributed by atoms with E-state index in [1.807, 2.05) is 24.3 Å². The van der Waals surface area contributed by atoms with Gasteiger partial charge >= 0.3 is 0 Å². The molecule has 0 unspecified atom stereocenters. The summed E-state index contributed by atoms with van der Waals surface area (Å²) in [6.45, 7) is 0. The van der Waals surface area contributed by atoms with E-state index in [0.717, 1.165) is 21.8 Å². The Bertz CT molecular complexity index is 603. The summed E-state index contributed by atoms with van der Waals surface area (Å²) in [5, 5.41) is 20.2. The van der Waals surface area contributed by atoms with Crippen LogP contribution in [0.25, 0.3) is 0 Å². The Hall–Kier alpha value is -1.67. The quantitative estimate of drug-likeness (QED) is 0.629. The minimum atomic E-state index is -1.27. The summed E-state index contributed by atoms with van der Waals surface area (Å²) in [5.41, 5.74) is 0.851. The molecule has 1 atom stereocenters. The molecule has 2 rings (SSSR count). The molecule has 0 bridgehead atoms. The molecule has 0 saturated carbocycles. The molecule has 1 aliphatic heterocycles. The van der Waals surface area contributed by atoms with Crippen molar-refractivity contribution in [2.24, 2.45) is 10.2 Å². The van der Waals surface area contributed by atoms with Gasteiger partial charge in [0.2, 0.25) is 5.91 Å². The number of halogens is 1. The number of thioether (sulfide) groups is 1. The average Bonchev–Trinajstić information content (AvgIpc) is 2.69. The largest absolute Gasteiger partial charge is 0.550 e. The van der Waals surface area contributed by atoms with Crippen molar-refractivity contribution in [1.29, 1.82) is 0 Å². The van der Waals surface area contributed by atoms with E-state index in [1.54, 1.807) is 0 Å². The molecule has 0 radical (unpaired) electrons. The van der Waals surface area contributed by atoms with E-state index in [1.165, 1.54) is 6.21 Å². The highest BCUT2D eigenvalue weighted by molar-refractivity contribution is 9.10. The van der Waals surface area contributed by atoms with E-state index in [9.17, 15) is 14.7 Å². The topological polar surface area (TPSA) is 93.9 Å². The van der Waals surface area contributed by atoms with Crippen molar-refractivity contribution in [3.8, 4) is 0 Å². The molecular formula is C12H9BrN3O3S-. The van der Waals surface area contributed by atoms with Crippen LogP contribution in [0.2, 0.25) is 0 Å². The van der Waals surface area contributed by atoms with Crippen molar-refractivity contribution in [2.75, 3.05) is 0 Å². The highest BCUT2D eigenvalue weighted by atomic mass is 79.9. The smallest absolute Gasteiger partial charge is 0.239 e. The van der Waals surface area contributed by atoms with Crippen LogP contribution in [0.15, 0.2) is 38.9 Å². The van der Waals surface area contributed by atoms with Crippen LogP contribution in [-0.4, -0.2) is 28.5 Å². The van der Waals surface area contributed by atoms with Gasteiger partial charge in [-0.25, -0.2) is 0 Å². The first-order valence-electron chi connectivity index (χ1n) is 5.58. The molecule has 20 heavy (non-hydrogen) atoms. The molecule has 0 aliphatic carbocycles. The van der Waals surface area contributed by atoms with Crippen LogP contribution in [0.4, 0.5) is 0 Å². The van der Waals surface area contributed by atoms with Crippen molar-refractivity contribution in [2.45, 2.75) is 11.7 Å². The van der Waals surface area contributed by atoms with E-state index in [-0.39, 0.29) is 11.6 Å². The van der Waals surface area contributed by atoms with Gasteiger partial charge < -0.3 is 15.2 Å². The molecule has 104 valence electrons. The summed E-state index contributed by atoms with van der Waals surface area (Å²) in [6, 6.07) is 7.47. The fraction of sp³-hybridized carbons (Fsp3) is 0.167. The summed E-state index contributed by atoms with van der Waals surface area (Å²) >= 11 is 4.37. The molecule has 1 aromatic carbocycles. The molecule has 0 aromatic heterocycles. The number of carboxylic acid groups (broad SMARTS) is 1. The lowest BCUT2D eigenvalue weighted by molar-refractivity contribution is -0.305. The number of rotatable bonds is 4. The second kappa shape index (κ2) is 6.67. The number of amides is 1. The lowest BCUT2D eigenvalue weighted by Gasteiger charge is -2.04. The first-order valence-corrected chi connectivity index (χ1v) is 7.26. The first-order chi connectivity index (χ1) is 9.54. The number of nitrogens with zero attached hydrogens (tertiary/aromatic N) is 2. The number of carbonyl (C=O) groups excluding carboxylic acids is 2. The Kier molecular flexibility index (Phi) is 4.91. The van der Waals surface area contributed by atoms with Crippen molar-refractivity contribution >= 4 is 51.0 Å². The van der Waals surface area contributed by atoms with Crippen LogP contribution in [0, 0.1) is 0 Å². The second-order valence-electron chi connectivity index (χ2n) is 3.88. The van der Waals surface area contributed by atoms with Gasteiger partial charge in [0.05, 0.1) is 11.5 Å². The van der Waals surface area contributed by atoms with Crippen LogP contribution in [0.1, 0.15) is 12.0 Å². The molecule has 1 heterocycles. The molecule has 1 aliphatic rings. The van der Waals surface area contributed by atoms with Gasteiger partial charge in [0, 0.05) is 16.9 Å². The molecule has 1 fully saturated rings. The Balaban J connectivity index is 1.99. The second-order valence-corrected chi connectivity index (χ2v) is 5.98. The van der Waals surface area contributed by atoms with Crippen LogP contribution >= 0.6 is 27.7 Å². The lowest BCUT2D eigenvalue weighted by Crippen LogP contribution is -2.31. The van der Waals surface area contributed by atoms with Gasteiger partial charge in [0.1, 0.15) is 0 Å². The molecule has 1 saturated heterocycles. The maximum absolute atomic E-state index is 11.4. The third-order valence-electron chi connectivity index (χ3n) is 2.33. The van der Waals surface area contributed by atoms with E-state index in [2.05, 4.69) is 31.4 Å². The van der Waals surface area contributed by atoms with Crippen LogP contribution < -0.4 is 10.4 Å².